The Hall–Kier alpha value is -2.30. The standard InChI is InChI=1S/C24H29FN6O2S/c25-19-7-4-8-20(28-19)34(33)30-13-9-16(10-14-30)27-23-26-15-18-21(29-23)31(17-5-2-1-3-6-17)22(32)24(18)11-12-24/h4,7-8,15-17H,1-3,5-6,9-14H2,(H,26,27,29). The van der Waals surface area contributed by atoms with Gasteiger partial charge in [-0.25, -0.2) is 4.98 Å². The minimum absolute atomic E-state index is 0.141. The van der Waals surface area contributed by atoms with Crippen molar-refractivity contribution in [2.45, 2.75) is 80.3 Å². The maximum Gasteiger partial charge on any atom is 0.268 e. The fourth-order valence-corrected chi connectivity index (χ4v) is 6.83. The summed E-state index contributed by atoms with van der Waals surface area (Å²) < 4.78 is 28.0. The number of carbonyl (C=O) groups excluding carboxylic acids is 1. The van der Waals surface area contributed by atoms with Crippen LogP contribution in [0.5, 0.6) is 0 Å². The van der Waals surface area contributed by atoms with Crippen LogP contribution in [0.2, 0.25) is 0 Å². The zero-order valence-electron chi connectivity index (χ0n) is 19.1. The summed E-state index contributed by atoms with van der Waals surface area (Å²) in [5, 5.41) is 3.69. The lowest BCUT2D eigenvalue weighted by Gasteiger charge is -2.32. The van der Waals surface area contributed by atoms with Crippen LogP contribution in [0.1, 0.15) is 63.4 Å². The van der Waals surface area contributed by atoms with Gasteiger partial charge in [-0.3, -0.25) is 9.69 Å². The van der Waals surface area contributed by atoms with Gasteiger partial charge in [0.25, 0.3) is 5.03 Å². The number of fused-ring (bicyclic) bond motifs is 2. The molecule has 8 nitrogen and oxygen atoms in total. The van der Waals surface area contributed by atoms with Crippen LogP contribution in [0.3, 0.4) is 0 Å². The fraction of sp³-hybridized carbons (Fsp3) is 0.583. The Labute approximate surface area is 201 Å². The quantitative estimate of drug-likeness (QED) is 0.514. The zero-order chi connectivity index (χ0) is 23.3. The molecule has 1 amide bonds. The Morgan fingerprint density at radius 1 is 1.09 bits per heavy atom. The van der Waals surface area contributed by atoms with Gasteiger partial charge in [0.15, 0.2) is 0 Å². The van der Waals surface area contributed by atoms with Crippen LogP contribution in [0, 0.1) is 5.95 Å². The van der Waals surface area contributed by atoms with Gasteiger partial charge < -0.3 is 9.87 Å². The van der Waals surface area contributed by atoms with Crippen molar-refractivity contribution in [3.05, 3.63) is 35.9 Å². The van der Waals surface area contributed by atoms with Crippen molar-refractivity contribution in [1.82, 2.24) is 19.3 Å². The van der Waals surface area contributed by atoms with Gasteiger partial charge in [0.05, 0.1) is 5.41 Å². The molecule has 2 saturated carbocycles. The summed E-state index contributed by atoms with van der Waals surface area (Å²) >= 11 is -1.48. The minimum Gasteiger partial charge on any atom is -0.592 e. The summed E-state index contributed by atoms with van der Waals surface area (Å²) in [6.45, 7) is 1.20. The summed E-state index contributed by atoms with van der Waals surface area (Å²) in [5.74, 6) is 0.964. The molecule has 0 radical (unpaired) electrons. The molecule has 2 aromatic rings. The molecular formula is C24H29FN6O2S. The third kappa shape index (κ3) is 3.85. The summed E-state index contributed by atoms with van der Waals surface area (Å²) in [4.78, 5) is 28.6. The first kappa shape index (κ1) is 22.2. The van der Waals surface area contributed by atoms with E-state index in [-0.39, 0.29) is 28.4 Å². The maximum absolute atomic E-state index is 13.4. The molecule has 1 unspecified atom stereocenters. The molecule has 0 bridgehead atoms. The van der Waals surface area contributed by atoms with Crippen LogP contribution >= 0.6 is 0 Å². The number of amides is 1. The first-order valence-corrected chi connectivity index (χ1v) is 13.4. The second-order valence-corrected chi connectivity index (χ2v) is 11.3. The van der Waals surface area contributed by atoms with E-state index in [0.29, 0.717) is 19.0 Å². The molecule has 180 valence electrons. The van der Waals surface area contributed by atoms with Gasteiger partial charge in [-0.15, -0.1) is 4.31 Å². The van der Waals surface area contributed by atoms with E-state index in [1.807, 2.05) is 15.4 Å². The highest BCUT2D eigenvalue weighted by molar-refractivity contribution is 7.89. The molecule has 2 aliphatic heterocycles. The zero-order valence-corrected chi connectivity index (χ0v) is 19.9. The van der Waals surface area contributed by atoms with Crippen LogP contribution in [-0.2, 0) is 21.6 Å². The predicted octanol–water partition coefficient (Wildman–Crippen LogP) is 3.32. The number of hydrogen-bond acceptors (Lipinski definition) is 7. The highest BCUT2D eigenvalue weighted by atomic mass is 32.2. The highest BCUT2D eigenvalue weighted by Gasteiger charge is 2.61. The lowest BCUT2D eigenvalue weighted by atomic mass is 9.94. The number of nitrogens with one attached hydrogen (secondary N) is 1. The van der Waals surface area contributed by atoms with Gasteiger partial charge in [0.1, 0.15) is 17.2 Å². The molecule has 34 heavy (non-hydrogen) atoms. The lowest BCUT2D eigenvalue weighted by molar-refractivity contribution is -0.120. The SMILES string of the molecule is O=C1N(C2CCCCC2)c2nc(NC3CCN([S+]([O-])c4cccc(F)n4)CC3)ncc2C12CC2. The Bertz CT molecular complexity index is 1080. The molecule has 1 atom stereocenters. The van der Waals surface area contributed by atoms with Crippen molar-refractivity contribution in [2.24, 2.45) is 0 Å². The van der Waals surface area contributed by atoms with Gasteiger partial charge in [-0.2, -0.15) is 14.4 Å². The molecule has 1 saturated heterocycles. The third-order valence-electron chi connectivity index (χ3n) is 7.72. The number of halogens is 1. The summed E-state index contributed by atoms with van der Waals surface area (Å²) in [6.07, 6.45) is 10.8. The molecule has 1 spiro atoms. The number of rotatable bonds is 5. The van der Waals surface area contributed by atoms with E-state index in [1.54, 1.807) is 6.07 Å². The minimum atomic E-state index is -1.48. The highest BCUT2D eigenvalue weighted by Crippen LogP contribution is 2.57. The van der Waals surface area contributed by atoms with Crippen LogP contribution < -0.4 is 10.2 Å². The van der Waals surface area contributed by atoms with Crippen molar-refractivity contribution in [3.63, 3.8) is 0 Å². The topological polar surface area (TPSA) is 97.3 Å². The van der Waals surface area contributed by atoms with Gasteiger partial charge in [-0.1, -0.05) is 25.3 Å². The lowest BCUT2D eigenvalue weighted by Crippen LogP contribution is -2.43. The number of carbonyl (C=O) groups is 1. The second kappa shape index (κ2) is 8.73. The molecule has 3 fully saturated rings. The number of piperidine rings is 1. The van der Waals surface area contributed by atoms with E-state index in [9.17, 15) is 13.7 Å². The van der Waals surface area contributed by atoms with Crippen molar-refractivity contribution >= 4 is 29.0 Å². The van der Waals surface area contributed by atoms with Gasteiger partial charge in [0.2, 0.25) is 17.8 Å². The molecule has 2 aromatic heterocycles. The van der Waals surface area contributed by atoms with E-state index in [2.05, 4.69) is 15.3 Å². The van der Waals surface area contributed by atoms with Crippen LogP contribution in [0.4, 0.5) is 16.2 Å². The van der Waals surface area contributed by atoms with Crippen molar-refractivity contribution in [3.8, 4) is 0 Å². The Balaban J connectivity index is 1.14. The summed E-state index contributed by atoms with van der Waals surface area (Å²) in [6, 6.07) is 4.76. The van der Waals surface area contributed by atoms with Crippen LogP contribution in [0.15, 0.2) is 29.4 Å². The summed E-state index contributed by atoms with van der Waals surface area (Å²) in [5.41, 5.74) is 0.632. The molecule has 2 aliphatic carbocycles. The number of anilines is 2. The van der Waals surface area contributed by atoms with Gasteiger partial charge in [0, 0.05) is 43.0 Å². The van der Waals surface area contributed by atoms with E-state index in [4.69, 9.17) is 4.98 Å². The second-order valence-electron chi connectivity index (χ2n) is 9.88. The molecular weight excluding hydrogens is 455 g/mol. The molecule has 10 heteroatoms. The Morgan fingerprint density at radius 2 is 1.85 bits per heavy atom. The van der Waals surface area contributed by atoms with Crippen molar-refractivity contribution < 1.29 is 13.7 Å². The van der Waals surface area contributed by atoms with Crippen LogP contribution in [-0.4, -0.2) is 54.9 Å². The Morgan fingerprint density at radius 3 is 2.56 bits per heavy atom. The first-order chi connectivity index (χ1) is 16.5. The molecule has 6 rings (SSSR count). The van der Waals surface area contributed by atoms with E-state index in [0.717, 1.165) is 62.7 Å². The monoisotopic (exact) mass is 484 g/mol. The molecule has 4 aliphatic rings. The number of aromatic nitrogens is 3. The largest absolute Gasteiger partial charge is 0.592 e. The summed E-state index contributed by atoms with van der Waals surface area (Å²) in [7, 11) is 0. The molecule has 0 aromatic carbocycles. The van der Waals surface area contributed by atoms with Crippen LogP contribution in [0.25, 0.3) is 0 Å². The smallest absolute Gasteiger partial charge is 0.268 e. The first-order valence-electron chi connectivity index (χ1n) is 12.3. The molecule has 4 heterocycles. The average molecular weight is 485 g/mol. The van der Waals surface area contributed by atoms with E-state index >= 15 is 0 Å². The fourth-order valence-electron chi connectivity index (χ4n) is 5.66. The number of nitrogens with zero attached hydrogens (tertiary/aromatic N) is 5. The number of pyridine rings is 1. The average Bonchev–Trinajstić information content (AvgIpc) is 3.63. The van der Waals surface area contributed by atoms with E-state index < -0.39 is 17.3 Å². The Kier molecular flexibility index (Phi) is 5.69. The van der Waals surface area contributed by atoms with Gasteiger partial charge >= 0.3 is 0 Å². The van der Waals surface area contributed by atoms with Gasteiger partial charge in [-0.05, 0) is 44.6 Å². The maximum atomic E-state index is 13.4. The normalized spacial score (nSPS) is 23.8. The predicted molar refractivity (Wildman–Crippen MR) is 126 cm³/mol. The number of hydrogen-bond donors (Lipinski definition) is 1. The molecule has 1 N–H and O–H groups in total. The van der Waals surface area contributed by atoms with E-state index in [1.165, 1.54) is 18.6 Å². The van der Waals surface area contributed by atoms with Crippen molar-refractivity contribution in [1.29, 1.82) is 0 Å². The van der Waals surface area contributed by atoms with Crippen molar-refractivity contribution in [2.75, 3.05) is 23.3 Å². The third-order valence-corrected chi connectivity index (χ3v) is 9.14.